The minimum absolute atomic E-state index is 0.323. The monoisotopic (exact) mass is 471 g/mol. The second-order valence-corrected chi connectivity index (χ2v) is 9.47. The van der Waals surface area contributed by atoms with Gasteiger partial charge in [0.2, 0.25) is 0 Å². The summed E-state index contributed by atoms with van der Waals surface area (Å²) in [6.45, 7) is 8.03. The Kier molecular flexibility index (Phi) is 5.80. The molecular weight excluding hydrogens is 445 g/mol. The summed E-state index contributed by atoms with van der Waals surface area (Å²) in [5.74, 6) is -0.400. The number of fused-ring (bicyclic) bond motifs is 7. The Morgan fingerprint density at radius 3 is 1.91 bits per heavy atom. The highest BCUT2D eigenvalue weighted by molar-refractivity contribution is 7.39. The number of rotatable bonds is 4. The molecule has 0 bridgehead atoms. The van der Waals surface area contributed by atoms with E-state index in [4.69, 9.17) is 13.1 Å². The Labute approximate surface area is 198 Å². The van der Waals surface area contributed by atoms with Gasteiger partial charge in [-0.2, -0.15) is 0 Å². The van der Waals surface area contributed by atoms with Crippen molar-refractivity contribution in [2.75, 3.05) is 11.7 Å². The molecule has 5 rings (SSSR count). The van der Waals surface area contributed by atoms with Crippen molar-refractivity contribution in [1.29, 1.82) is 0 Å². The molecule has 34 heavy (non-hydrogen) atoms. The van der Waals surface area contributed by atoms with Crippen LogP contribution in [0.5, 0.6) is 0 Å². The van der Waals surface area contributed by atoms with E-state index in [9.17, 15) is 4.79 Å². The van der Waals surface area contributed by atoms with Crippen molar-refractivity contribution >= 4 is 57.6 Å². The minimum atomic E-state index is -1.62. The third kappa shape index (κ3) is 3.93. The molecule has 0 aliphatic rings. The molecule has 5 nitrogen and oxygen atoms in total. The zero-order valence-electron chi connectivity index (χ0n) is 19.6. The van der Waals surface area contributed by atoms with E-state index in [0.29, 0.717) is 12.3 Å². The van der Waals surface area contributed by atoms with E-state index in [1.165, 1.54) is 6.08 Å². The first-order valence-electron chi connectivity index (χ1n) is 11.3. The molecule has 172 valence electrons. The second kappa shape index (κ2) is 8.92. The van der Waals surface area contributed by atoms with Gasteiger partial charge < -0.3 is 13.1 Å². The smallest absolute Gasteiger partial charge is 0.338 e. The van der Waals surface area contributed by atoms with E-state index in [-0.39, 0.29) is 0 Å². The van der Waals surface area contributed by atoms with Crippen LogP contribution in [-0.2, 0) is 9.53 Å². The van der Waals surface area contributed by atoms with Crippen LogP contribution in [0.15, 0.2) is 80.8 Å². The Morgan fingerprint density at radius 2 is 1.41 bits per heavy atom. The third-order valence-corrected chi connectivity index (χ3v) is 7.09. The normalized spacial score (nSPS) is 11.9. The Bertz CT molecular complexity index is 1550. The molecule has 0 fully saturated rings. The number of aryl methyl sites for hydroxylation is 2. The number of carbonyl (C=O) groups excluding carboxylic acids is 1. The Balaban J connectivity index is 1.94. The van der Waals surface area contributed by atoms with Crippen LogP contribution in [0.2, 0.25) is 0 Å². The average molecular weight is 471 g/mol. The van der Waals surface area contributed by atoms with Gasteiger partial charge in [0.05, 0.1) is 6.61 Å². The van der Waals surface area contributed by atoms with Gasteiger partial charge in [0, 0.05) is 22.5 Å². The molecule has 6 heteroatoms. The van der Waals surface area contributed by atoms with Crippen LogP contribution in [0.1, 0.15) is 25.0 Å². The number of hydrogen-bond donors (Lipinski definition) is 1. The van der Waals surface area contributed by atoms with Crippen molar-refractivity contribution in [2.24, 2.45) is 0 Å². The summed E-state index contributed by atoms with van der Waals surface area (Å²) in [5.41, 5.74) is 4.24. The van der Waals surface area contributed by atoms with E-state index >= 15 is 0 Å². The summed E-state index contributed by atoms with van der Waals surface area (Å²) < 4.78 is 18.1. The first-order valence-corrected chi connectivity index (χ1v) is 12.5. The summed E-state index contributed by atoms with van der Waals surface area (Å²) in [4.78, 5) is 11.9. The van der Waals surface area contributed by atoms with Crippen LogP contribution in [-0.4, -0.2) is 12.6 Å². The molecule has 0 aliphatic heterocycles. The highest BCUT2D eigenvalue weighted by Gasteiger charge is 2.16. The van der Waals surface area contributed by atoms with Gasteiger partial charge in [-0.3, -0.25) is 5.09 Å². The number of carbonyl (C=O) groups is 1. The lowest BCUT2D eigenvalue weighted by Crippen LogP contribution is -2.02. The Hall–Kier alpha value is -3.69. The quantitative estimate of drug-likeness (QED) is 0.211. The lowest BCUT2D eigenvalue weighted by molar-refractivity contribution is -0.137. The van der Waals surface area contributed by atoms with Crippen molar-refractivity contribution in [1.82, 2.24) is 0 Å². The SMILES string of the molecule is CCOC(=O)/C=C(/C)Np1oc2c(C)cc3ccccc3c2c2c(o1)c(C)cc1ccccc12. The maximum atomic E-state index is 11.9. The van der Waals surface area contributed by atoms with Gasteiger partial charge in [0.25, 0.3) is 0 Å². The number of nitrogens with one attached hydrogen (secondary N) is 1. The number of esters is 1. The third-order valence-electron chi connectivity index (χ3n) is 5.86. The van der Waals surface area contributed by atoms with E-state index < -0.39 is 14.1 Å². The van der Waals surface area contributed by atoms with Crippen molar-refractivity contribution in [3.8, 4) is 0 Å². The van der Waals surface area contributed by atoms with Crippen molar-refractivity contribution in [3.63, 3.8) is 0 Å². The number of benzene rings is 4. The number of hydrogen-bond acceptors (Lipinski definition) is 5. The predicted octanol–water partition coefficient (Wildman–Crippen LogP) is 8.22. The molecule has 0 spiro atoms. The van der Waals surface area contributed by atoms with Crippen LogP contribution in [0.4, 0.5) is 0 Å². The van der Waals surface area contributed by atoms with Gasteiger partial charge in [0.1, 0.15) is 11.2 Å². The van der Waals surface area contributed by atoms with E-state index in [1.807, 2.05) is 0 Å². The van der Waals surface area contributed by atoms with E-state index in [2.05, 4.69) is 79.6 Å². The van der Waals surface area contributed by atoms with Gasteiger partial charge in [0.15, 0.2) is 0 Å². The molecule has 0 radical (unpaired) electrons. The van der Waals surface area contributed by atoms with Gasteiger partial charge in [-0.25, -0.2) is 4.79 Å². The molecule has 0 saturated carbocycles. The fourth-order valence-electron chi connectivity index (χ4n) is 4.44. The van der Waals surface area contributed by atoms with Crippen LogP contribution >= 0.6 is 8.16 Å². The summed E-state index contributed by atoms with van der Waals surface area (Å²) in [6, 6.07) is 21.0. The lowest BCUT2D eigenvalue weighted by Gasteiger charge is -2.08. The summed E-state index contributed by atoms with van der Waals surface area (Å²) in [5, 5.41) is 9.84. The van der Waals surface area contributed by atoms with Crippen LogP contribution < -0.4 is 5.09 Å². The zero-order chi connectivity index (χ0) is 23.8. The largest absolute Gasteiger partial charge is 0.463 e. The first-order chi connectivity index (χ1) is 16.5. The highest BCUT2D eigenvalue weighted by Crippen LogP contribution is 2.42. The fraction of sp³-hybridized carbons (Fsp3) is 0.179. The molecule has 0 unspecified atom stereocenters. The molecule has 4 aromatic carbocycles. The molecule has 5 aromatic rings. The minimum Gasteiger partial charge on any atom is -0.463 e. The van der Waals surface area contributed by atoms with E-state index in [1.54, 1.807) is 13.8 Å². The lowest BCUT2D eigenvalue weighted by atomic mass is 9.95. The van der Waals surface area contributed by atoms with Crippen LogP contribution in [0.25, 0.3) is 43.5 Å². The number of allylic oxidation sites excluding steroid dienone is 1. The van der Waals surface area contributed by atoms with E-state index in [0.717, 1.165) is 54.6 Å². The summed E-state index contributed by atoms with van der Waals surface area (Å²) >= 11 is 0. The maximum Gasteiger partial charge on any atom is 0.338 e. The summed E-state index contributed by atoms with van der Waals surface area (Å²) in [7, 11) is -1.62. The predicted molar refractivity (Wildman–Crippen MR) is 141 cm³/mol. The van der Waals surface area contributed by atoms with Gasteiger partial charge in [-0.15, -0.1) is 0 Å². The topological polar surface area (TPSA) is 64.6 Å². The first kappa shape index (κ1) is 22.1. The number of ether oxygens (including phenoxy) is 1. The second-order valence-electron chi connectivity index (χ2n) is 8.37. The molecule has 0 aliphatic carbocycles. The molecule has 0 saturated heterocycles. The zero-order valence-corrected chi connectivity index (χ0v) is 20.5. The molecule has 1 aromatic heterocycles. The van der Waals surface area contributed by atoms with Crippen LogP contribution in [0.3, 0.4) is 0 Å². The van der Waals surface area contributed by atoms with Gasteiger partial charge in [-0.1, -0.05) is 48.5 Å². The molecule has 0 atom stereocenters. The molecule has 1 N–H and O–H groups in total. The highest BCUT2D eigenvalue weighted by atomic mass is 31.1. The van der Waals surface area contributed by atoms with Crippen molar-refractivity contribution in [3.05, 3.63) is 83.6 Å². The standard InChI is InChI=1S/C28H26NO4P/c1-5-31-24(30)16-19(4)29-34-32-27-17(2)14-20-10-6-8-12-22(20)25(27)26-23-13-9-7-11-21(23)15-18(3)28(26)33-34/h6-16,29H,5H2,1-4H3/b19-16-. The molecule has 0 amide bonds. The fourth-order valence-corrected chi connectivity index (χ4v) is 5.72. The average Bonchev–Trinajstić information content (AvgIpc) is 2.97. The van der Waals surface area contributed by atoms with Gasteiger partial charge in [-0.05, 0) is 72.5 Å². The summed E-state index contributed by atoms with van der Waals surface area (Å²) in [6.07, 6.45) is 1.42. The maximum absolute atomic E-state index is 11.9. The molecular formula is C28H26NO4P. The van der Waals surface area contributed by atoms with Crippen molar-refractivity contribution in [2.45, 2.75) is 27.7 Å². The van der Waals surface area contributed by atoms with Crippen molar-refractivity contribution < 1.29 is 17.9 Å². The molecule has 1 heterocycles. The Morgan fingerprint density at radius 1 is 0.912 bits per heavy atom. The van der Waals surface area contributed by atoms with Crippen LogP contribution in [0, 0.1) is 13.8 Å². The van der Waals surface area contributed by atoms with Gasteiger partial charge >= 0.3 is 14.1 Å².